The molecule has 0 bridgehead atoms. The molecule has 1 aromatic heterocycles. The third-order valence-electron chi connectivity index (χ3n) is 6.04. The van der Waals surface area contributed by atoms with Gasteiger partial charge in [0, 0.05) is 33.3 Å². The topological polar surface area (TPSA) is 65.8 Å². The molecular weight excluding hydrogens is 518 g/mol. The smallest absolute Gasteiger partial charge is 0.417 e. The zero-order valence-electron chi connectivity index (χ0n) is 20.0. The molecule has 0 saturated carbocycles. The number of anilines is 1. The summed E-state index contributed by atoms with van der Waals surface area (Å²) in [6.07, 6.45) is -2.85. The lowest BCUT2D eigenvalue weighted by Gasteiger charge is -2.33. The minimum Gasteiger partial charge on any atom is -0.473 e. The van der Waals surface area contributed by atoms with E-state index in [1.807, 2.05) is 0 Å². The van der Waals surface area contributed by atoms with Crippen LogP contribution in [0.1, 0.15) is 24.0 Å². The highest BCUT2D eigenvalue weighted by molar-refractivity contribution is 6.31. The Morgan fingerprint density at radius 3 is 2.49 bits per heavy atom. The summed E-state index contributed by atoms with van der Waals surface area (Å²) in [4.78, 5) is 18.4. The molecule has 0 radical (unpaired) electrons. The van der Waals surface area contributed by atoms with Crippen molar-refractivity contribution in [1.82, 2.24) is 9.55 Å². The molecule has 0 atom stereocenters. The second-order valence-corrected chi connectivity index (χ2v) is 8.92. The van der Waals surface area contributed by atoms with Crippen LogP contribution in [0.5, 0.6) is 17.4 Å². The first-order valence-corrected chi connectivity index (χ1v) is 11.7. The maximum Gasteiger partial charge on any atom is 0.417 e. The molecule has 7 nitrogen and oxygen atoms in total. The van der Waals surface area contributed by atoms with Crippen molar-refractivity contribution in [2.45, 2.75) is 31.7 Å². The molecule has 0 unspecified atom stereocenters. The van der Waals surface area contributed by atoms with Gasteiger partial charge in [0.25, 0.3) is 0 Å². The lowest BCUT2D eigenvalue weighted by atomic mass is 10.1. The van der Waals surface area contributed by atoms with Crippen LogP contribution in [0, 0.1) is 5.82 Å². The van der Waals surface area contributed by atoms with Crippen LogP contribution in [0.15, 0.2) is 47.3 Å². The van der Waals surface area contributed by atoms with Gasteiger partial charge in [-0.1, -0.05) is 17.7 Å². The predicted octanol–water partition coefficient (Wildman–Crippen LogP) is 5.58. The van der Waals surface area contributed by atoms with E-state index in [2.05, 4.69) is 9.88 Å². The second kappa shape index (κ2) is 11.0. The standard InChI is InChI=1S/C25H24ClF4N3O4/c1-32-23(33-9-7-16(35-2)8-10-33)13-22(31-24(32)34)36-14-15-3-6-21(20(27)11-15)37-17-4-5-19(26)18(12-17)25(28,29)30/h3-6,11-13,16H,7-10,14H2,1-2H3. The van der Waals surface area contributed by atoms with E-state index in [-0.39, 0.29) is 30.1 Å². The maximum atomic E-state index is 14.6. The van der Waals surface area contributed by atoms with Crippen molar-refractivity contribution >= 4 is 17.4 Å². The summed E-state index contributed by atoms with van der Waals surface area (Å²) >= 11 is 5.61. The molecule has 2 heterocycles. The minimum atomic E-state index is -4.68. The van der Waals surface area contributed by atoms with Gasteiger partial charge < -0.3 is 19.1 Å². The van der Waals surface area contributed by atoms with Crippen molar-refractivity contribution in [2.75, 3.05) is 25.1 Å². The molecule has 0 amide bonds. The van der Waals surface area contributed by atoms with Gasteiger partial charge in [0.15, 0.2) is 11.6 Å². The summed E-state index contributed by atoms with van der Waals surface area (Å²) in [7, 11) is 3.31. The number of aromatic nitrogens is 2. The second-order valence-electron chi connectivity index (χ2n) is 8.51. The number of methoxy groups -OCH3 is 1. The van der Waals surface area contributed by atoms with E-state index in [1.54, 1.807) is 20.2 Å². The van der Waals surface area contributed by atoms with Crippen molar-refractivity contribution in [3.8, 4) is 17.4 Å². The molecule has 0 spiro atoms. The van der Waals surface area contributed by atoms with E-state index in [9.17, 15) is 22.4 Å². The molecule has 37 heavy (non-hydrogen) atoms. The lowest BCUT2D eigenvalue weighted by molar-refractivity contribution is -0.137. The molecule has 12 heteroatoms. The van der Waals surface area contributed by atoms with Gasteiger partial charge in [-0.15, -0.1) is 0 Å². The van der Waals surface area contributed by atoms with Crippen molar-refractivity contribution < 1.29 is 31.8 Å². The van der Waals surface area contributed by atoms with Crippen molar-refractivity contribution in [3.63, 3.8) is 0 Å². The van der Waals surface area contributed by atoms with Crippen molar-refractivity contribution in [2.24, 2.45) is 7.05 Å². The molecule has 0 N–H and O–H groups in total. The largest absolute Gasteiger partial charge is 0.473 e. The Labute approximate surface area is 215 Å². The number of rotatable bonds is 7. The van der Waals surface area contributed by atoms with E-state index in [4.69, 9.17) is 25.8 Å². The van der Waals surface area contributed by atoms with Crippen LogP contribution < -0.4 is 20.1 Å². The van der Waals surface area contributed by atoms with Gasteiger partial charge in [0.05, 0.1) is 16.7 Å². The third-order valence-corrected chi connectivity index (χ3v) is 6.37. The molecule has 2 aromatic carbocycles. The van der Waals surface area contributed by atoms with Crippen LogP contribution in [0.2, 0.25) is 5.02 Å². The van der Waals surface area contributed by atoms with Crippen LogP contribution in [0.3, 0.4) is 0 Å². The van der Waals surface area contributed by atoms with E-state index < -0.39 is 28.3 Å². The minimum absolute atomic E-state index is 0.0912. The fraction of sp³-hybridized carbons (Fsp3) is 0.360. The van der Waals surface area contributed by atoms with E-state index in [0.29, 0.717) is 30.5 Å². The number of benzene rings is 2. The van der Waals surface area contributed by atoms with Gasteiger partial charge in [-0.2, -0.15) is 18.2 Å². The first-order valence-electron chi connectivity index (χ1n) is 11.4. The SMILES string of the molecule is COC1CCN(c2cc(OCc3ccc(Oc4ccc(Cl)c(C(F)(F)F)c4)c(F)c3)nc(=O)n2C)CC1. The van der Waals surface area contributed by atoms with Crippen LogP contribution >= 0.6 is 11.6 Å². The zero-order valence-corrected chi connectivity index (χ0v) is 20.8. The molecule has 1 aliphatic heterocycles. The number of piperidine rings is 1. The Morgan fingerprint density at radius 2 is 1.84 bits per heavy atom. The normalized spacial score (nSPS) is 14.6. The molecular formula is C25H24ClF4N3O4. The highest BCUT2D eigenvalue weighted by Crippen LogP contribution is 2.38. The first kappa shape index (κ1) is 26.7. The van der Waals surface area contributed by atoms with Crippen LogP contribution in [0.25, 0.3) is 0 Å². The highest BCUT2D eigenvalue weighted by Gasteiger charge is 2.33. The zero-order chi connectivity index (χ0) is 26.7. The fourth-order valence-corrected chi connectivity index (χ4v) is 4.22. The predicted molar refractivity (Wildman–Crippen MR) is 129 cm³/mol. The summed E-state index contributed by atoms with van der Waals surface area (Å²) < 4.78 is 71.6. The van der Waals surface area contributed by atoms with E-state index in [1.165, 1.54) is 22.8 Å². The maximum absolute atomic E-state index is 14.6. The Kier molecular flexibility index (Phi) is 7.93. The number of ether oxygens (including phenoxy) is 3. The van der Waals surface area contributed by atoms with Gasteiger partial charge in [-0.3, -0.25) is 4.57 Å². The fourth-order valence-electron chi connectivity index (χ4n) is 3.99. The number of hydrogen-bond donors (Lipinski definition) is 0. The van der Waals surface area contributed by atoms with Crippen LogP contribution in [-0.2, 0) is 24.6 Å². The number of alkyl halides is 3. The van der Waals surface area contributed by atoms with E-state index in [0.717, 1.165) is 25.0 Å². The van der Waals surface area contributed by atoms with Crippen molar-refractivity contribution in [3.05, 3.63) is 74.9 Å². The number of hydrogen-bond acceptors (Lipinski definition) is 6. The van der Waals surface area contributed by atoms with Crippen LogP contribution in [0.4, 0.5) is 23.4 Å². The molecule has 1 fully saturated rings. The first-order chi connectivity index (χ1) is 17.5. The average molecular weight is 542 g/mol. The highest BCUT2D eigenvalue weighted by atomic mass is 35.5. The molecule has 4 rings (SSSR count). The summed E-state index contributed by atoms with van der Waals surface area (Å²) in [6, 6.07) is 8.51. The summed E-state index contributed by atoms with van der Waals surface area (Å²) in [5.41, 5.74) is -1.17. The summed E-state index contributed by atoms with van der Waals surface area (Å²) in [5, 5.41) is -0.486. The average Bonchev–Trinajstić information content (AvgIpc) is 2.86. The van der Waals surface area contributed by atoms with Gasteiger partial charge in [0.2, 0.25) is 5.88 Å². The Hall–Kier alpha value is -3.31. The Bertz CT molecular complexity index is 1320. The summed E-state index contributed by atoms with van der Waals surface area (Å²) in [6.45, 7) is 1.32. The quantitative estimate of drug-likeness (QED) is 0.364. The molecule has 3 aromatic rings. The molecule has 198 valence electrons. The molecule has 0 aliphatic carbocycles. The van der Waals surface area contributed by atoms with Gasteiger partial charge >= 0.3 is 11.9 Å². The van der Waals surface area contributed by atoms with Crippen molar-refractivity contribution in [1.29, 1.82) is 0 Å². The van der Waals surface area contributed by atoms with Gasteiger partial charge in [-0.05, 0) is 48.7 Å². The third kappa shape index (κ3) is 6.34. The Morgan fingerprint density at radius 1 is 1.11 bits per heavy atom. The summed E-state index contributed by atoms with van der Waals surface area (Å²) in [5.74, 6) is -0.545. The molecule has 1 aliphatic rings. The monoisotopic (exact) mass is 541 g/mol. The van der Waals surface area contributed by atoms with Gasteiger partial charge in [0.1, 0.15) is 18.2 Å². The van der Waals surface area contributed by atoms with Crippen LogP contribution in [-0.4, -0.2) is 35.9 Å². The number of halogens is 5. The number of nitrogens with zero attached hydrogens (tertiary/aromatic N) is 3. The molecule has 1 saturated heterocycles. The lowest BCUT2D eigenvalue weighted by Crippen LogP contribution is -2.39. The van der Waals surface area contributed by atoms with Gasteiger partial charge in [-0.25, -0.2) is 9.18 Å². The van der Waals surface area contributed by atoms with E-state index >= 15 is 0 Å². The Balaban J connectivity index is 1.45.